The highest BCUT2D eigenvalue weighted by atomic mass is 32.1. The minimum Gasteiger partial charge on any atom is -0.396 e. The summed E-state index contributed by atoms with van der Waals surface area (Å²) in [4.78, 5) is 20.9. The van der Waals surface area contributed by atoms with Crippen molar-refractivity contribution in [3.8, 4) is 0 Å². The van der Waals surface area contributed by atoms with E-state index >= 15 is 0 Å². The van der Waals surface area contributed by atoms with Gasteiger partial charge in [0.25, 0.3) is 5.91 Å². The van der Waals surface area contributed by atoms with Crippen molar-refractivity contribution < 1.29 is 9.90 Å². The number of hydrogen-bond donors (Lipinski definition) is 1. The second-order valence-corrected chi connectivity index (χ2v) is 9.50. The lowest BCUT2D eigenvalue weighted by Crippen LogP contribution is -2.43. The van der Waals surface area contributed by atoms with Crippen molar-refractivity contribution in [3.05, 3.63) is 51.5 Å². The largest absolute Gasteiger partial charge is 0.396 e. The summed E-state index contributed by atoms with van der Waals surface area (Å²) >= 11 is 1.54. The highest BCUT2D eigenvalue weighted by molar-refractivity contribution is 7.13. The summed E-state index contributed by atoms with van der Waals surface area (Å²) in [6.07, 6.45) is 3.75. The molecular formula is C22H28N2O2S. The van der Waals surface area contributed by atoms with Gasteiger partial charge in [-0.05, 0) is 38.2 Å². The van der Waals surface area contributed by atoms with E-state index in [1.165, 1.54) is 5.56 Å². The Morgan fingerprint density at radius 1 is 1.33 bits per heavy atom. The average molecular weight is 385 g/mol. The Balaban J connectivity index is 1.62. The average Bonchev–Trinajstić information content (AvgIpc) is 3.33. The molecule has 2 saturated heterocycles. The number of aliphatic hydroxyl groups is 1. The zero-order chi connectivity index (χ0) is 19.2. The lowest BCUT2D eigenvalue weighted by atomic mass is 9.70. The Bertz CT molecular complexity index is 832. The van der Waals surface area contributed by atoms with Gasteiger partial charge in [-0.15, -0.1) is 11.3 Å². The maximum atomic E-state index is 13.4. The molecule has 1 aromatic carbocycles. The molecular weight excluding hydrogens is 356 g/mol. The molecule has 2 aliphatic heterocycles. The van der Waals surface area contributed by atoms with Crippen LogP contribution >= 0.6 is 11.3 Å². The summed E-state index contributed by atoms with van der Waals surface area (Å²) < 4.78 is 0. The molecule has 1 N–H and O–H groups in total. The van der Waals surface area contributed by atoms with E-state index in [1.54, 1.807) is 11.3 Å². The summed E-state index contributed by atoms with van der Waals surface area (Å²) in [5.74, 6) is 0.452. The second kappa shape index (κ2) is 7.02. The normalized spacial score (nSPS) is 26.9. The van der Waals surface area contributed by atoms with E-state index in [4.69, 9.17) is 0 Å². The summed E-state index contributed by atoms with van der Waals surface area (Å²) in [7, 11) is 0. The molecule has 0 radical (unpaired) electrons. The van der Waals surface area contributed by atoms with E-state index in [2.05, 4.69) is 35.9 Å². The van der Waals surface area contributed by atoms with Crippen LogP contribution in [0.1, 0.15) is 65.0 Å². The van der Waals surface area contributed by atoms with Gasteiger partial charge in [-0.1, -0.05) is 44.2 Å². The maximum Gasteiger partial charge on any atom is 0.266 e. The molecule has 0 unspecified atom stereocenters. The number of rotatable bonds is 5. The third-order valence-electron chi connectivity index (χ3n) is 6.30. The Labute approximate surface area is 165 Å². The lowest BCUT2D eigenvalue weighted by Gasteiger charge is -2.36. The highest BCUT2D eigenvalue weighted by Gasteiger charge is 2.57. The molecule has 0 aliphatic carbocycles. The van der Waals surface area contributed by atoms with Gasteiger partial charge in [0, 0.05) is 23.4 Å². The number of carbonyl (C=O) groups excluding carboxylic acids is 1. The van der Waals surface area contributed by atoms with E-state index in [1.807, 2.05) is 25.1 Å². The zero-order valence-electron chi connectivity index (χ0n) is 16.3. The second-order valence-electron chi connectivity index (χ2n) is 8.47. The number of thiazole rings is 1. The van der Waals surface area contributed by atoms with Crippen molar-refractivity contribution in [3.63, 3.8) is 0 Å². The fraction of sp³-hybridized carbons (Fsp3) is 0.545. The first-order valence-electron chi connectivity index (χ1n) is 9.90. The molecule has 2 aliphatic rings. The van der Waals surface area contributed by atoms with Gasteiger partial charge in [-0.2, -0.15) is 0 Å². The van der Waals surface area contributed by atoms with Crippen molar-refractivity contribution >= 4 is 17.2 Å². The van der Waals surface area contributed by atoms with Gasteiger partial charge in [0.15, 0.2) is 0 Å². The number of benzene rings is 1. The van der Waals surface area contributed by atoms with Crippen molar-refractivity contribution in [1.82, 2.24) is 9.88 Å². The van der Waals surface area contributed by atoms with E-state index in [0.717, 1.165) is 41.3 Å². The molecule has 1 aromatic heterocycles. The van der Waals surface area contributed by atoms with E-state index in [9.17, 15) is 9.90 Å². The van der Waals surface area contributed by atoms with Crippen LogP contribution in [-0.4, -0.2) is 39.6 Å². The van der Waals surface area contributed by atoms with Gasteiger partial charge in [-0.3, -0.25) is 4.79 Å². The quantitative estimate of drug-likeness (QED) is 0.842. The minimum absolute atomic E-state index is 0.115. The van der Waals surface area contributed by atoms with Crippen LogP contribution in [0.2, 0.25) is 0 Å². The number of hydrogen-bond acceptors (Lipinski definition) is 4. The fourth-order valence-electron chi connectivity index (χ4n) is 5.00. The predicted molar refractivity (Wildman–Crippen MR) is 108 cm³/mol. The molecule has 5 heteroatoms. The van der Waals surface area contributed by atoms with Crippen LogP contribution in [0.25, 0.3) is 0 Å². The standard InChI is InChI=1S/C22H28N2O2S/c1-14(2)20-23-15(3)19(27-20)21(26)24-17-9-10-18(24)22(12-17,13-25)11-16-7-5-4-6-8-16/h4-8,14,17-18,25H,9-13H2,1-3H3/t17-,18+,22-/m0/s1. The minimum atomic E-state index is -0.223. The van der Waals surface area contributed by atoms with Crippen molar-refractivity contribution in [2.24, 2.45) is 5.41 Å². The number of amides is 1. The van der Waals surface area contributed by atoms with Crippen LogP contribution in [0.15, 0.2) is 30.3 Å². The Kier molecular flexibility index (Phi) is 4.85. The van der Waals surface area contributed by atoms with Crippen molar-refractivity contribution in [1.29, 1.82) is 0 Å². The number of fused-ring (bicyclic) bond motifs is 2. The molecule has 27 heavy (non-hydrogen) atoms. The molecule has 2 aromatic rings. The monoisotopic (exact) mass is 384 g/mol. The molecule has 3 heterocycles. The van der Waals surface area contributed by atoms with Crippen LogP contribution < -0.4 is 0 Å². The SMILES string of the molecule is Cc1nc(C(C)C)sc1C(=O)N1[C@H]2CC[C@@H]1[C@@](CO)(Cc1ccccc1)C2. The third-order valence-corrected chi connectivity index (χ3v) is 7.75. The first-order chi connectivity index (χ1) is 12.9. The van der Waals surface area contributed by atoms with Crippen molar-refractivity contribution in [2.45, 2.75) is 64.5 Å². The predicted octanol–water partition coefficient (Wildman–Crippen LogP) is 4.17. The molecule has 144 valence electrons. The first kappa shape index (κ1) is 18.6. The van der Waals surface area contributed by atoms with Crippen LogP contribution in [0.5, 0.6) is 0 Å². The summed E-state index contributed by atoms with van der Waals surface area (Å²) in [6, 6.07) is 10.7. The third kappa shape index (κ3) is 3.11. The van der Waals surface area contributed by atoms with Crippen LogP contribution in [0.4, 0.5) is 0 Å². The van der Waals surface area contributed by atoms with Crippen LogP contribution in [0, 0.1) is 12.3 Å². The van der Waals surface area contributed by atoms with Crippen LogP contribution in [-0.2, 0) is 6.42 Å². The maximum absolute atomic E-state index is 13.4. The summed E-state index contributed by atoms with van der Waals surface area (Å²) in [6.45, 7) is 6.30. The van der Waals surface area contributed by atoms with E-state index in [0.29, 0.717) is 5.92 Å². The smallest absolute Gasteiger partial charge is 0.266 e. The fourth-order valence-corrected chi connectivity index (χ4v) is 6.01. The Morgan fingerprint density at radius 2 is 2.07 bits per heavy atom. The zero-order valence-corrected chi connectivity index (χ0v) is 17.1. The molecule has 2 bridgehead atoms. The van der Waals surface area contributed by atoms with Gasteiger partial charge in [0.1, 0.15) is 4.88 Å². The van der Waals surface area contributed by atoms with Gasteiger partial charge in [0.2, 0.25) is 0 Å². The van der Waals surface area contributed by atoms with Crippen LogP contribution in [0.3, 0.4) is 0 Å². The number of aliphatic hydroxyl groups excluding tert-OH is 1. The Morgan fingerprint density at radius 3 is 2.70 bits per heavy atom. The number of nitrogens with zero attached hydrogens (tertiary/aromatic N) is 2. The molecule has 3 atom stereocenters. The van der Waals surface area contributed by atoms with E-state index in [-0.39, 0.29) is 30.0 Å². The molecule has 0 saturated carbocycles. The van der Waals surface area contributed by atoms with Gasteiger partial charge < -0.3 is 10.0 Å². The van der Waals surface area contributed by atoms with Gasteiger partial charge in [-0.25, -0.2) is 4.98 Å². The molecule has 2 fully saturated rings. The number of carbonyl (C=O) groups is 1. The molecule has 4 nitrogen and oxygen atoms in total. The number of aryl methyl sites for hydroxylation is 1. The topological polar surface area (TPSA) is 53.4 Å². The molecule has 1 amide bonds. The van der Waals surface area contributed by atoms with E-state index < -0.39 is 0 Å². The highest BCUT2D eigenvalue weighted by Crippen LogP contribution is 2.52. The van der Waals surface area contributed by atoms with Crippen molar-refractivity contribution in [2.75, 3.05) is 6.61 Å². The first-order valence-corrected chi connectivity index (χ1v) is 10.7. The Hall–Kier alpha value is -1.72. The lowest BCUT2D eigenvalue weighted by molar-refractivity contribution is 0.0574. The van der Waals surface area contributed by atoms with Gasteiger partial charge in [0.05, 0.1) is 17.3 Å². The number of aromatic nitrogens is 1. The summed E-state index contributed by atoms with van der Waals surface area (Å²) in [5, 5.41) is 11.4. The molecule has 0 spiro atoms. The summed E-state index contributed by atoms with van der Waals surface area (Å²) in [5.41, 5.74) is 1.86. The van der Waals surface area contributed by atoms with Gasteiger partial charge >= 0.3 is 0 Å². The molecule has 4 rings (SSSR count).